The predicted octanol–water partition coefficient (Wildman–Crippen LogP) is 3.04. The zero-order valence-corrected chi connectivity index (χ0v) is 15.1. The van der Waals surface area contributed by atoms with Crippen molar-refractivity contribution < 1.29 is 0 Å². The van der Waals surface area contributed by atoms with Crippen LogP contribution in [0.25, 0.3) is 4.96 Å². The van der Waals surface area contributed by atoms with Crippen LogP contribution in [-0.4, -0.2) is 26.5 Å². The summed E-state index contributed by atoms with van der Waals surface area (Å²) in [5.41, 5.74) is 3.21. The SMILES string of the molecule is CCCc1nn2c(=O)cc(CN(C)Cc3ccc(C)cc3)nc2s1. The third-order valence-corrected chi connectivity index (χ3v) is 4.78. The van der Waals surface area contributed by atoms with Crippen LogP contribution in [0.5, 0.6) is 0 Å². The van der Waals surface area contributed by atoms with Gasteiger partial charge < -0.3 is 0 Å². The molecule has 0 amide bonds. The summed E-state index contributed by atoms with van der Waals surface area (Å²) in [5.74, 6) is 0. The third kappa shape index (κ3) is 3.88. The average molecular weight is 342 g/mol. The number of hydrogen-bond donors (Lipinski definition) is 0. The number of rotatable bonds is 6. The van der Waals surface area contributed by atoms with Crippen molar-refractivity contribution in [3.63, 3.8) is 0 Å². The van der Waals surface area contributed by atoms with Crippen LogP contribution in [0.1, 0.15) is 35.2 Å². The highest BCUT2D eigenvalue weighted by atomic mass is 32.1. The van der Waals surface area contributed by atoms with E-state index in [0.29, 0.717) is 11.5 Å². The Hall–Kier alpha value is -2.05. The van der Waals surface area contributed by atoms with Gasteiger partial charge in [0.15, 0.2) is 0 Å². The summed E-state index contributed by atoms with van der Waals surface area (Å²) in [5, 5.41) is 5.31. The molecule has 5 nitrogen and oxygen atoms in total. The lowest BCUT2D eigenvalue weighted by Crippen LogP contribution is -2.21. The Morgan fingerprint density at radius 2 is 1.96 bits per heavy atom. The first-order chi connectivity index (χ1) is 11.5. The first-order valence-electron chi connectivity index (χ1n) is 8.18. The van der Waals surface area contributed by atoms with Gasteiger partial charge in [-0.05, 0) is 26.0 Å². The molecule has 3 rings (SSSR count). The van der Waals surface area contributed by atoms with Crippen molar-refractivity contribution in [2.75, 3.05) is 7.05 Å². The molecule has 2 aromatic heterocycles. The number of aryl methyl sites for hydroxylation is 2. The first kappa shape index (κ1) is 16.8. The van der Waals surface area contributed by atoms with E-state index in [9.17, 15) is 4.79 Å². The van der Waals surface area contributed by atoms with Crippen LogP contribution >= 0.6 is 11.3 Å². The fourth-order valence-electron chi connectivity index (χ4n) is 2.63. The zero-order chi connectivity index (χ0) is 17.1. The lowest BCUT2D eigenvalue weighted by atomic mass is 10.1. The number of benzene rings is 1. The summed E-state index contributed by atoms with van der Waals surface area (Å²) in [4.78, 5) is 19.7. The largest absolute Gasteiger partial charge is 0.296 e. The molecule has 0 bridgehead atoms. The molecule has 1 aromatic carbocycles. The van der Waals surface area contributed by atoms with Crippen LogP contribution in [-0.2, 0) is 19.5 Å². The maximum absolute atomic E-state index is 12.2. The summed E-state index contributed by atoms with van der Waals surface area (Å²) in [6.07, 6.45) is 1.90. The topological polar surface area (TPSA) is 50.5 Å². The molecule has 24 heavy (non-hydrogen) atoms. The van der Waals surface area contributed by atoms with Crippen molar-refractivity contribution in [1.82, 2.24) is 19.5 Å². The Labute approximate surface area is 145 Å². The molecule has 0 unspecified atom stereocenters. The van der Waals surface area contributed by atoms with Gasteiger partial charge in [-0.2, -0.15) is 9.61 Å². The molecule has 2 heterocycles. The predicted molar refractivity (Wildman–Crippen MR) is 97.5 cm³/mol. The fraction of sp³-hybridized carbons (Fsp3) is 0.389. The van der Waals surface area contributed by atoms with E-state index in [0.717, 1.165) is 30.1 Å². The lowest BCUT2D eigenvalue weighted by Gasteiger charge is -2.16. The molecule has 0 atom stereocenters. The maximum atomic E-state index is 12.2. The molecule has 3 aromatic rings. The standard InChI is InChI=1S/C18H22N4OS/c1-4-5-16-20-22-17(23)10-15(19-18(22)24-16)12-21(3)11-14-8-6-13(2)7-9-14/h6-10H,4-5,11-12H2,1-3H3. The number of fused-ring (bicyclic) bond motifs is 1. The Balaban J connectivity index is 1.76. The maximum Gasteiger partial charge on any atom is 0.275 e. The Kier molecular flexibility index (Phi) is 5.06. The minimum absolute atomic E-state index is 0.0997. The summed E-state index contributed by atoms with van der Waals surface area (Å²) in [6, 6.07) is 10.1. The number of nitrogens with zero attached hydrogens (tertiary/aromatic N) is 4. The van der Waals surface area contributed by atoms with Crippen molar-refractivity contribution >= 4 is 16.3 Å². The fourth-order valence-corrected chi connectivity index (χ4v) is 3.65. The third-order valence-electron chi connectivity index (χ3n) is 3.81. The van der Waals surface area contributed by atoms with Gasteiger partial charge in [0, 0.05) is 25.6 Å². The first-order valence-corrected chi connectivity index (χ1v) is 8.99. The van der Waals surface area contributed by atoms with Gasteiger partial charge in [-0.15, -0.1) is 0 Å². The Morgan fingerprint density at radius 3 is 2.67 bits per heavy atom. The molecule has 0 aliphatic rings. The molecule has 0 aliphatic heterocycles. The van der Waals surface area contributed by atoms with E-state index in [2.05, 4.69) is 53.1 Å². The van der Waals surface area contributed by atoms with Gasteiger partial charge in [0.2, 0.25) is 4.96 Å². The molecule has 6 heteroatoms. The highest BCUT2D eigenvalue weighted by molar-refractivity contribution is 7.16. The van der Waals surface area contributed by atoms with E-state index in [4.69, 9.17) is 0 Å². The summed E-state index contributed by atoms with van der Waals surface area (Å²) >= 11 is 1.51. The van der Waals surface area contributed by atoms with Gasteiger partial charge in [0.05, 0.1) is 5.69 Å². The summed E-state index contributed by atoms with van der Waals surface area (Å²) in [6.45, 7) is 5.65. The van der Waals surface area contributed by atoms with Gasteiger partial charge in [-0.1, -0.05) is 48.1 Å². The van der Waals surface area contributed by atoms with Crippen LogP contribution in [0.2, 0.25) is 0 Å². The average Bonchev–Trinajstić information content (AvgIpc) is 2.93. The zero-order valence-electron chi connectivity index (χ0n) is 14.3. The molecule has 0 aliphatic carbocycles. The quantitative estimate of drug-likeness (QED) is 0.691. The summed E-state index contributed by atoms with van der Waals surface area (Å²) < 4.78 is 1.42. The smallest absolute Gasteiger partial charge is 0.275 e. The van der Waals surface area contributed by atoms with Crippen molar-refractivity contribution in [2.24, 2.45) is 0 Å². The molecular weight excluding hydrogens is 320 g/mol. The van der Waals surface area contributed by atoms with Crippen molar-refractivity contribution in [2.45, 2.75) is 39.8 Å². The van der Waals surface area contributed by atoms with E-state index in [1.807, 2.05) is 7.05 Å². The molecule has 0 N–H and O–H groups in total. The van der Waals surface area contributed by atoms with Gasteiger partial charge in [-0.25, -0.2) is 4.98 Å². The lowest BCUT2D eigenvalue weighted by molar-refractivity contribution is 0.315. The van der Waals surface area contributed by atoms with E-state index in [1.54, 1.807) is 6.07 Å². The second kappa shape index (κ2) is 7.23. The monoisotopic (exact) mass is 342 g/mol. The second-order valence-corrected chi connectivity index (χ2v) is 7.22. The number of hydrogen-bond acceptors (Lipinski definition) is 5. The van der Waals surface area contributed by atoms with Crippen LogP contribution in [0, 0.1) is 6.92 Å². The van der Waals surface area contributed by atoms with Crippen molar-refractivity contribution in [3.8, 4) is 0 Å². The highest BCUT2D eigenvalue weighted by Crippen LogP contribution is 2.14. The van der Waals surface area contributed by atoms with E-state index >= 15 is 0 Å². The second-order valence-electron chi connectivity index (χ2n) is 6.18. The minimum atomic E-state index is -0.0997. The molecule has 0 saturated carbocycles. The van der Waals surface area contributed by atoms with E-state index in [-0.39, 0.29) is 5.56 Å². The van der Waals surface area contributed by atoms with Gasteiger partial charge in [0.25, 0.3) is 5.56 Å². The van der Waals surface area contributed by atoms with Crippen molar-refractivity contribution in [1.29, 1.82) is 0 Å². The normalized spacial score (nSPS) is 11.5. The van der Waals surface area contributed by atoms with Gasteiger partial charge in [0.1, 0.15) is 5.01 Å². The van der Waals surface area contributed by atoms with E-state index in [1.165, 1.54) is 27.0 Å². The van der Waals surface area contributed by atoms with Crippen LogP contribution in [0.4, 0.5) is 0 Å². The van der Waals surface area contributed by atoms with Crippen LogP contribution in [0.3, 0.4) is 0 Å². The summed E-state index contributed by atoms with van der Waals surface area (Å²) in [7, 11) is 2.04. The molecule has 126 valence electrons. The minimum Gasteiger partial charge on any atom is -0.296 e. The van der Waals surface area contributed by atoms with Gasteiger partial charge in [-0.3, -0.25) is 9.69 Å². The van der Waals surface area contributed by atoms with Crippen LogP contribution in [0.15, 0.2) is 35.1 Å². The van der Waals surface area contributed by atoms with Gasteiger partial charge >= 0.3 is 0 Å². The molecule has 0 saturated heterocycles. The highest BCUT2D eigenvalue weighted by Gasteiger charge is 2.10. The molecule has 0 fully saturated rings. The Bertz CT molecular complexity index is 882. The van der Waals surface area contributed by atoms with Crippen molar-refractivity contribution in [3.05, 3.63) is 62.5 Å². The molecule has 0 spiro atoms. The number of aromatic nitrogens is 3. The van der Waals surface area contributed by atoms with E-state index < -0.39 is 0 Å². The molecular formula is C18H22N4OS. The Morgan fingerprint density at radius 1 is 1.21 bits per heavy atom. The van der Waals surface area contributed by atoms with Crippen LogP contribution < -0.4 is 5.56 Å². The molecule has 0 radical (unpaired) electrons.